The molecule has 2 aromatic carbocycles. The Morgan fingerprint density at radius 1 is 1.06 bits per heavy atom. The zero-order valence-electron chi connectivity index (χ0n) is 9.46. The molecule has 0 aliphatic carbocycles. The molecule has 0 amide bonds. The van der Waals surface area contributed by atoms with Crippen LogP contribution in [-0.4, -0.2) is 5.78 Å². The fourth-order valence-corrected chi connectivity index (χ4v) is 1.97. The number of benzene rings is 2. The van der Waals surface area contributed by atoms with Crippen molar-refractivity contribution in [1.29, 1.82) is 0 Å². The van der Waals surface area contributed by atoms with Crippen LogP contribution in [0.15, 0.2) is 59.5 Å². The molecule has 0 aliphatic heterocycles. The molecule has 0 unspecified atom stereocenters. The number of ketones is 1. The molecule has 17 heavy (non-hydrogen) atoms. The van der Waals surface area contributed by atoms with E-state index in [9.17, 15) is 4.79 Å². The molecule has 2 rings (SSSR count). The van der Waals surface area contributed by atoms with Gasteiger partial charge in [-0.15, -0.1) is 0 Å². The average Bonchev–Trinajstić information content (AvgIpc) is 2.38. The molecule has 0 saturated carbocycles. The maximum absolute atomic E-state index is 11.2. The molecular formula is C14H12NOS. The van der Waals surface area contributed by atoms with Crippen molar-refractivity contribution in [3.8, 4) is 0 Å². The van der Waals surface area contributed by atoms with Gasteiger partial charge < -0.3 is 0 Å². The van der Waals surface area contributed by atoms with Gasteiger partial charge in [0.2, 0.25) is 0 Å². The van der Waals surface area contributed by atoms with E-state index in [0.29, 0.717) is 5.56 Å². The van der Waals surface area contributed by atoms with Crippen molar-refractivity contribution in [3.63, 3.8) is 0 Å². The molecule has 0 aliphatic rings. The fraction of sp³-hybridized carbons (Fsp3) is 0.0714. The Hall–Kier alpha value is -1.74. The number of nitrogens with zero attached hydrogens (tertiary/aromatic N) is 1. The minimum absolute atomic E-state index is 0.0618. The van der Waals surface area contributed by atoms with E-state index >= 15 is 0 Å². The predicted molar refractivity (Wildman–Crippen MR) is 70.5 cm³/mol. The van der Waals surface area contributed by atoms with Gasteiger partial charge in [0.25, 0.3) is 0 Å². The summed E-state index contributed by atoms with van der Waals surface area (Å²) >= 11 is 1.41. The second-order valence-electron chi connectivity index (χ2n) is 3.60. The molecule has 0 fully saturated rings. The van der Waals surface area contributed by atoms with Crippen molar-refractivity contribution in [1.82, 2.24) is 4.72 Å². The summed E-state index contributed by atoms with van der Waals surface area (Å²) in [6, 6.07) is 17.3. The van der Waals surface area contributed by atoms with Crippen LogP contribution in [-0.2, 0) is 0 Å². The maximum Gasteiger partial charge on any atom is 0.159 e. The number of hydrogen-bond acceptors (Lipinski definition) is 2. The summed E-state index contributed by atoms with van der Waals surface area (Å²) in [5.74, 6) is 0.0618. The zero-order chi connectivity index (χ0) is 12.1. The Bertz CT molecular complexity index is 511. The highest BCUT2D eigenvalue weighted by molar-refractivity contribution is 7.97. The quantitative estimate of drug-likeness (QED) is 0.602. The molecular weight excluding hydrogens is 230 g/mol. The van der Waals surface area contributed by atoms with Crippen LogP contribution in [0.4, 0.5) is 5.69 Å². The Kier molecular flexibility index (Phi) is 3.83. The predicted octanol–water partition coefficient (Wildman–Crippen LogP) is 3.83. The summed E-state index contributed by atoms with van der Waals surface area (Å²) < 4.78 is 4.38. The van der Waals surface area contributed by atoms with Crippen LogP contribution in [0.1, 0.15) is 17.3 Å². The molecule has 0 heterocycles. The largest absolute Gasteiger partial charge is 0.295 e. The van der Waals surface area contributed by atoms with Crippen molar-refractivity contribution in [3.05, 3.63) is 60.2 Å². The van der Waals surface area contributed by atoms with Crippen LogP contribution in [0.25, 0.3) is 0 Å². The summed E-state index contributed by atoms with van der Waals surface area (Å²) in [5.41, 5.74) is 1.51. The standard InChI is InChI=1S/C14H12NOS/c1-11(16)12-6-5-7-13(10-12)15-17-14-8-3-2-4-9-14/h2-10H,1H3. The fourth-order valence-electron chi connectivity index (χ4n) is 1.37. The molecule has 0 spiro atoms. The van der Waals surface area contributed by atoms with Crippen LogP contribution < -0.4 is 4.72 Å². The molecule has 2 nitrogen and oxygen atoms in total. The van der Waals surface area contributed by atoms with E-state index in [1.54, 1.807) is 19.1 Å². The van der Waals surface area contributed by atoms with Crippen LogP contribution in [0.5, 0.6) is 0 Å². The molecule has 2 aromatic rings. The number of Topliss-reactive ketones (excluding diaryl/α,β-unsaturated/α-hetero) is 1. The van der Waals surface area contributed by atoms with Gasteiger partial charge in [0.1, 0.15) is 0 Å². The number of carbonyl (C=O) groups is 1. The Labute approximate surface area is 105 Å². The van der Waals surface area contributed by atoms with Gasteiger partial charge in [0, 0.05) is 22.4 Å². The van der Waals surface area contributed by atoms with E-state index in [2.05, 4.69) is 4.72 Å². The first-order chi connectivity index (χ1) is 8.25. The SMILES string of the molecule is CC(=O)c1cccc([N]Sc2ccccc2)c1. The van der Waals surface area contributed by atoms with Gasteiger partial charge in [-0.25, -0.2) is 4.72 Å². The lowest BCUT2D eigenvalue weighted by molar-refractivity contribution is 0.101. The van der Waals surface area contributed by atoms with E-state index < -0.39 is 0 Å². The molecule has 0 aromatic heterocycles. The highest BCUT2D eigenvalue weighted by Gasteiger charge is 2.01. The van der Waals surface area contributed by atoms with E-state index in [-0.39, 0.29) is 5.78 Å². The highest BCUT2D eigenvalue weighted by atomic mass is 32.2. The monoisotopic (exact) mass is 242 g/mol. The molecule has 0 saturated heterocycles. The van der Waals surface area contributed by atoms with E-state index in [1.165, 1.54) is 11.9 Å². The third-order valence-corrected chi connectivity index (χ3v) is 3.04. The van der Waals surface area contributed by atoms with Crippen molar-refractivity contribution in [2.75, 3.05) is 0 Å². The van der Waals surface area contributed by atoms with Crippen LogP contribution in [0.2, 0.25) is 0 Å². The number of carbonyl (C=O) groups excluding carboxylic acids is 1. The van der Waals surface area contributed by atoms with E-state index in [0.717, 1.165) is 10.6 Å². The van der Waals surface area contributed by atoms with E-state index in [4.69, 9.17) is 0 Å². The smallest absolute Gasteiger partial charge is 0.159 e. The Morgan fingerprint density at radius 2 is 1.82 bits per heavy atom. The highest BCUT2D eigenvalue weighted by Crippen LogP contribution is 2.21. The second-order valence-corrected chi connectivity index (χ2v) is 4.44. The molecule has 0 bridgehead atoms. The van der Waals surface area contributed by atoms with Crippen LogP contribution in [0, 0.1) is 0 Å². The Balaban J connectivity index is 2.04. The third-order valence-electron chi connectivity index (χ3n) is 2.25. The normalized spacial score (nSPS) is 9.94. The first kappa shape index (κ1) is 11.7. The van der Waals surface area contributed by atoms with Crippen molar-refractivity contribution >= 4 is 23.4 Å². The molecule has 1 radical (unpaired) electrons. The molecule has 0 N–H and O–H groups in total. The number of hydrogen-bond donors (Lipinski definition) is 0. The van der Waals surface area contributed by atoms with Crippen LogP contribution in [0.3, 0.4) is 0 Å². The summed E-state index contributed by atoms with van der Waals surface area (Å²) in [6.07, 6.45) is 0. The third kappa shape index (κ3) is 3.36. The van der Waals surface area contributed by atoms with Crippen molar-refractivity contribution in [2.45, 2.75) is 11.8 Å². The maximum atomic E-state index is 11.2. The molecule has 85 valence electrons. The van der Waals surface area contributed by atoms with Gasteiger partial charge in [0.15, 0.2) is 5.78 Å². The summed E-state index contributed by atoms with van der Waals surface area (Å²) in [5, 5.41) is 0. The average molecular weight is 242 g/mol. The lowest BCUT2D eigenvalue weighted by Gasteiger charge is -2.03. The van der Waals surface area contributed by atoms with Gasteiger partial charge in [-0.05, 0) is 31.2 Å². The topological polar surface area (TPSA) is 31.2 Å². The lowest BCUT2D eigenvalue weighted by Crippen LogP contribution is -1.93. The van der Waals surface area contributed by atoms with Gasteiger partial charge in [-0.1, -0.05) is 30.3 Å². The van der Waals surface area contributed by atoms with Crippen molar-refractivity contribution < 1.29 is 4.79 Å². The first-order valence-corrected chi connectivity index (χ1v) is 6.07. The first-order valence-electron chi connectivity index (χ1n) is 5.30. The summed E-state index contributed by atoms with van der Waals surface area (Å²) in [6.45, 7) is 1.56. The lowest BCUT2D eigenvalue weighted by atomic mass is 10.1. The van der Waals surface area contributed by atoms with Gasteiger partial charge in [-0.3, -0.25) is 4.79 Å². The minimum Gasteiger partial charge on any atom is -0.295 e. The Morgan fingerprint density at radius 3 is 2.53 bits per heavy atom. The summed E-state index contributed by atoms with van der Waals surface area (Å²) in [4.78, 5) is 12.3. The molecule has 3 heteroatoms. The second kappa shape index (κ2) is 5.55. The van der Waals surface area contributed by atoms with Gasteiger partial charge >= 0.3 is 0 Å². The van der Waals surface area contributed by atoms with Gasteiger partial charge in [-0.2, -0.15) is 0 Å². The number of rotatable bonds is 4. The minimum atomic E-state index is 0.0618. The zero-order valence-corrected chi connectivity index (χ0v) is 10.3. The van der Waals surface area contributed by atoms with Gasteiger partial charge in [0.05, 0.1) is 5.69 Å². The van der Waals surface area contributed by atoms with E-state index in [1.807, 2.05) is 42.5 Å². The molecule has 0 atom stereocenters. The summed E-state index contributed by atoms with van der Waals surface area (Å²) in [7, 11) is 0. The van der Waals surface area contributed by atoms with Crippen LogP contribution >= 0.6 is 11.9 Å². The van der Waals surface area contributed by atoms with Crippen molar-refractivity contribution in [2.24, 2.45) is 0 Å².